The average molecular weight is 434 g/mol. The van der Waals surface area contributed by atoms with E-state index in [2.05, 4.69) is 0 Å². The lowest BCUT2D eigenvalue weighted by atomic mass is 9.88. The number of fused-ring (bicyclic) bond motifs is 1. The minimum absolute atomic E-state index is 0.107. The number of rotatable bonds is 5. The smallest absolute Gasteiger partial charge is 0.414 e. The van der Waals surface area contributed by atoms with E-state index in [1.165, 1.54) is 7.11 Å². The molecular weight excluding hydrogens is 398 g/mol. The van der Waals surface area contributed by atoms with E-state index in [4.69, 9.17) is 14.2 Å². The quantitative estimate of drug-likeness (QED) is 0.504. The van der Waals surface area contributed by atoms with Crippen LogP contribution in [0.5, 0.6) is 0 Å². The second-order valence-electron chi connectivity index (χ2n) is 10.0. The summed E-state index contributed by atoms with van der Waals surface area (Å²) in [5, 5.41) is 0. The molecule has 1 aliphatic heterocycles. The van der Waals surface area contributed by atoms with E-state index in [0.29, 0.717) is 19.4 Å². The highest BCUT2D eigenvalue weighted by atomic mass is 16.6. The van der Waals surface area contributed by atoms with E-state index >= 15 is 0 Å². The lowest BCUT2D eigenvalue weighted by Crippen LogP contribution is -2.43. The third kappa shape index (κ3) is 7.89. The molecule has 7 nitrogen and oxygen atoms in total. The van der Waals surface area contributed by atoms with Crippen molar-refractivity contribution in [1.82, 2.24) is 0 Å². The van der Waals surface area contributed by atoms with Gasteiger partial charge in [-0.3, -0.25) is 14.5 Å². The third-order valence-electron chi connectivity index (χ3n) is 4.76. The minimum atomic E-state index is -0.635. The molecule has 0 aliphatic carbocycles. The second kappa shape index (κ2) is 9.71. The van der Waals surface area contributed by atoms with Gasteiger partial charge in [-0.2, -0.15) is 0 Å². The number of hydrogen-bond acceptors (Lipinski definition) is 6. The molecule has 1 heterocycles. The normalized spacial score (nSPS) is 16.4. The zero-order valence-electron chi connectivity index (χ0n) is 19.7. The summed E-state index contributed by atoms with van der Waals surface area (Å²) in [5.74, 6) is -0.471. The lowest BCUT2D eigenvalue weighted by molar-refractivity contribution is -0.154. The topological polar surface area (TPSA) is 82.1 Å². The Hall–Kier alpha value is -2.57. The molecule has 0 fully saturated rings. The fourth-order valence-corrected chi connectivity index (χ4v) is 3.53. The number of hydrogen-bond donors (Lipinski definition) is 0. The fourth-order valence-electron chi connectivity index (χ4n) is 3.53. The molecule has 0 radical (unpaired) electrons. The first-order valence-electron chi connectivity index (χ1n) is 10.7. The first kappa shape index (κ1) is 24.7. The van der Waals surface area contributed by atoms with Gasteiger partial charge in [0.25, 0.3) is 0 Å². The van der Waals surface area contributed by atoms with Crippen LogP contribution in [0.2, 0.25) is 0 Å². The maximum Gasteiger partial charge on any atom is 0.414 e. The van der Waals surface area contributed by atoms with Crippen molar-refractivity contribution in [3.05, 3.63) is 29.3 Å². The Balaban J connectivity index is 2.27. The monoisotopic (exact) mass is 433 g/mol. The van der Waals surface area contributed by atoms with Crippen LogP contribution >= 0.6 is 0 Å². The van der Waals surface area contributed by atoms with Crippen LogP contribution in [0.25, 0.3) is 0 Å². The van der Waals surface area contributed by atoms with Crippen LogP contribution in [0.4, 0.5) is 10.5 Å². The molecule has 1 amide bonds. The Morgan fingerprint density at radius 2 is 1.65 bits per heavy atom. The summed E-state index contributed by atoms with van der Waals surface area (Å²) in [5.41, 5.74) is 1.31. The summed E-state index contributed by atoms with van der Waals surface area (Å²) in [4.78, 5) is 38.4. The molecule has 0 N–H and O–H groups in total. The summed E-state index contributed by atoms with van der Waals surface area (Å²) >= 11 is 0. The molecule has 0 bridgehead atoms. The zero-order valence-corrected chi connectivity index (χ0v) is 19.7. The van der Waals surface area contributed by atoms with Gasteiger partial charge in [0.15, 0.2) is 0 Å². The molecular formula is C24H35NO6. The predicted octanol–water partition coefficient (Wildman–Crippen LogP) is 4.44. The van der Waals surface area contributed by atoms with E-state index in [9.17, 15) is 14.4 Å². The molecule has 1 aliphatic rings. The summed E-state index contributed by atoms with van der Waals surface area (Å²) in [6.45, 7) is 11.4. The van der Waals surface area contributed by atoms with Gasteiger partial charge in [-0.15, -0.1) is 0 Å². The number of ether oxygens (including phenoxy) is 3. The van der Waals surface area contributed by atoms with Gasteiger partial charge < -0.3 is 14.2 Å². The van der Waals surface area contributed by atoms with Crippen LogP contribution in [0.1, 0.15) is 65.5 Å². The molecule has 0 spiro atoms. The van der Waals surface area contributed by atoms with E-state index in [1.54, 1.807) is 4.90 Å². The average Bonchev–Trinajstić information content (AvgIpc) is 2.62. The number of methoxy groups -OCH3 is 1. The molecule has 0 saturated heterocycles. The largest absolute Gasteiger partial charge is 0.469 e. The number of amides is 1. The molecule has 7 heteroatoms. The summed E-state index contributed by atoms with van der Waals surface area (Å²) in [6.07, 6.45) is 1.34. The SMILES string of the molecule is COC(=O)CCC1Cc2ccc(CC(=O)OC(C)(C)C)cc2N(C(=O)OC(C)(C)C)C1. The third-order valence-corrected chi connectivity index (χ3v) is 4.76. The summed E-state index contributed by atoms with van der Waals surface area (Å²) in [6, 6.07) is 5.69. The second-order valence-corrected chi connectivity index (χ2v) is 10.0. The van der Waals surface area contributed by atoms with Gasteiger partial charge in [-0.25, -0.2) is 4.79 Å². The molecule has 31 heavy (non-hydrogen) atoms. The van der Waals surface area contributed by atoms with Gasteiger partial charge in [0, 0.05) is 13.0 Å². The summed E-state index contributed by atoms with van der Waals surface area (Å²) in [7, 11) is 1.37. The molecule has 0 saturated carbocycles. The highest BCUT2D eigenvalue weighted by Crippen LogP contribution is 2.34. The summed E-state index contributed by atoms with van der Waals surface area (Å²) < 4.78 is 15.8. The van der Waals surface area contributed by atoms with Crippen molar-refractivity contribution in [1.29, 1.82) is 0 Å². The van der Waals surface area contributed by atoms with Gasteiger partial charge >= 0.3 is 18.0 Å². The number of esters is 2. The Bertz CT molecular complexity index is 818. The zero-order chi connectivity index (χ0) is 23.4. The van der Waals surface area contributed by atoms with Gasteiger partial charge in [0.2, 0.25) is 0 Å². The molecule has 0 aromatic heterocycles. The molecule has 1 atom stereocenters. The highest BCUT2D eigenvalue weighted by Gasteiger charge is 2.32. The highest BCUT2D eigenvalue weighted by molar-refractivity contribution is 5.90. The Morgan fingerprint density at radius 1 is 1.00 bits per heavy atom. The Kier molecular flexibility index (Phi) is 7.73. The molecule has 172 valence electrons. The van der Waals surface area contributed by atoms with Crippen LogP contribution in [0.3, 0.4) is 0 Å². The van der Waals surface area contributed by atoms with Crippen LogP contribution in [0.15, 0.2) is 18.2 Å². The minimum Gasteiger partial charge on any atom is -0.469 e. The van der Waals surface area contributed by atoms with Gasteiger partial charge in [-0.05, 0) is 77.5 Å². The standard InChI is InChI=1S/C24H35NO6/c1-23(2,3)30-21(27)14-16-8-10-18-12-17(9-11-20(26)29-7)15-25(19(18)13-16)22(28)31-24(4,5)6/h8,10,13,17H,9,11-12,14-15H2,1-7H3. The van der Waals surface area contributed by atoms with Crippen LogP contribution in [-0.2, 0) is 36.6 Å². The van der Waals surface area contributed by atoms with Crippen molar-refractivity contribution in [3.8, 4) is 0 Å². The van der Waals surface area contributed by atoms with Crippen LogP contribution in [0, 0.1) is 5.92 Å². The van der Waals surface area contributed by atoms with Crippen molar-refractivity contribution in [2.75, 3.05) is 18.6 Å². The molecule has 1 aromatic rings. The van der Waals surface area contributed by atoms with Crippen LogP contribution < -0.4 is 4.90 Å². The maximum absolute atomic E-state index is 13.0. The van der Waals surface area contributed by atoms with Crippen molar-refractivity contribution < 1.29 is 28.6 Å². The van der Waals surface area contributed by atoms with E-state index in [0.717, 1.165) is 23.2 Å². The maximum atomic E-state index is 13.0. The van der Waals surface area contributed by atoms with Crippen LogP contribution in [-0.4, -0.2) is 42.9 Å². The first-order valence-corrected chi connectivity index (χ1v) is 10.7. The molecule has 1 aromatic carbocycles. The van der Waals surface area contributed by atoms with Crippen molar-refractivity contribution in [2.24, 2.45) is 5.92 Å². The molecule has 1 unspecified atom stereocenters. The first-order chi connectivity index (χ1) is 14.3. The fraction of sp³-hybridized carbons (Fsp3) is 0.625. The van der Waals surface area contributed by atoms with E-state index in [1.807, 2.05) is 59.7 Å². The number of anilines is 1. The number of carbonyl (C=O) groups is 3. The number of carbonyl (C=O) groups excluding carboxylic acids is 3. The van der Waals surface area contributed by atoms with E-state index < -0.39 is 17.3 Å². The van der Waals surface area contributed by atoms with Gasteiger partial charge in [-0.1, -0.05) is 12.1 Å². The van der Waals surface area contributed by atoms with Gasteiger partial charge in [0.1, 0.15) is 11.2 Å². The predicted molar refractivity (Wildman–Crippen MR) is 118 cm³/mol. The van der Waals surface area contributed by atoms with Crippen molar-refractivity contribution in [3.63, 3.8) is 0 Å². The Morgan fingerprint density at radius 3 is 2.23 bits per heavy atom. The number of nitrogens with zero attached hydrogens (tertiary/aromatic N) is 1. The van der Waals surface area contributed by atoms with Gasteiger partial charge in [0.05, 0.1) is 19.2 Å². The van der Waals surface area contributed by atoms with E-state index in [-0.39, 0.29) is 24.3 Å². The van der Waals surface area contributed by atoms with Crippen molar-refractivity contribution in [2.45, 2.75) is 78.4 Å². The molecule has 2 rings (SSSR count). The lowest BCUT2D eigenvalue weighted by Gasteiger charge is -2.36. The Labute approximate surface area is 185 Å². The number of benzene rings is 1. The van der Waals surface area contributed by atoms with Crippen molar-refractivity contribution >= 4 is 23.7 Å².